The number of halogens is 2. The minimum atomic E-state index is -0.564. The molecule has 6 heteroatoms. The van der Waals surface area contributed by atoms with Crippen LogP contribution in [-0.2, 0) is 0 Å². The van der Waals surface area contributed by atoms with E-state index in [0.29, 0.717) is 24.7 Å². The molecule has 2 aromatic carbocycles. The molecule has 4 nitrogen and oxygen atoms in total. The average Bonchev–Trinajstić information content (AvgIpc) is 2.69. The van der Waals surface area contributed by atoms with Gasteiger partial charge in [-0.05, 0) is 37.1 Å². The largest absolute Gasteiger partial charge is 0.493 e. The molecule has 0 radical (unpaired) electrons. The van der Waals surface area contributed by atoms with Crippen molar-refractivity contribution in [3.8, 4) is 23.6 Å². The number of unbranched alkanes of at least 4 members (excludes halogenated alkanes) is 5. The molecule has 0 aliphatic carbocycles. The number of hydrogen-bond acceptors (Lipinski definition) is 4. The third-order valence-electron chi connectivity index (χ3n) is 4.20. The van der Waals surface area contributed by atoms with Crippen LogP contribution in [0.3, 0.4) is 0 Å². The molecule has 0 fully saturated rings. The molecule has 0 N–H and O–H groups in total. The van der Waals surface area contributed by atoms with E-state index >= 15 is 0 Å². The molecule has 146 valence electrons. The second-order valence-corrected chi connectivity index (χ2v) is 6.33. The van der Waals surface area contributed by atoms with Crippen LogP contribution in [0.25, 0.3) is 0 Å². The van der Waals surface area contributed by atoms with Gasteiger partial charge in [0.25, 0.3) is 0 Å². The average molecular weight is 384 g/mol. The molecule has 2 rings (SSSR count). The van der Waals surface area contributed by atoms with Gasteiger partial charge in [0.05, 0.1) is 24.3 Å². The first kappa shape index (κ1) is 21.2. The van der Waals surface area contributed by atoms with Gasteiger partial charge in [-0.15, -0.1) is 0 Å². The number of rotatable bonds is 11. The molecule has 0 unspecified atom stereocenters. The first-order chi connectivity index (χ1) is 13.6. The summed E-state index contributed by atoms with van der Waals surface area (Å²) in [6, 6.07) is 12.0. The first-order valence-electron chi connectivity index (χ1n) is 9.29. The molecular weight excluding hydrogens is 362 g/mol. The van der Waals surface area contributed by atoms with E-state index < -0.39 is 11.6 Å². The Labute approximate surface area is 163 Å². The van der Waals surface area contributed by atoms with E-state index in [0.717, 1.165) is 38.5 Å². The number of nitriles is 2. The molecule has 0 heterocycles. The van der Waals surface area contributed by atoms with Gasteiger partial charge in [0, 0.05) is 12.1 Å². The van der Waals surface area contributed by atoms with Crippen LogP contribution in [0.15, 0.2) is 36.4 Å². The van der Waals surface area contributed by atoms with Gasteiger partial charge in [0.1, 0.15) is 35.3 Å². The smallest absolute Gasteiger partial charge is 0.144 e. The van der Waals surface area contributed by atoms with Gasteiger partial charge in [-0.2, -0.15) is 10.5 Å². The number of nitrogens with zero attached hydrogens (tertiary/aromatic N) is 2. The van der Waals surface area contributed by atoms with E-state index in [-0.39, 0.29) is 11.1 Å². The number of ether oxygens (including phenoxy) is 2. The molecule has 0 atom stereocenters. The topological polar surface area (TPSA) is 66.0 Å². The molecule has 0 aliphatic rings. The summed E-state index contributed by atoms with van der Waals surface area (Å²) in [5, 5.41) is 17.4. The van der Waals surface area contributed by atoms with Crippen molar-refractivity contribution in [2.24, 2.45) is 0 Å². The van der Waals surface area contributed by atoms with Crippen molar-refractivity contribution in [1.29, 1.82) is 10.5 Å². The molecule has 0 saturated heterocycles. The van der Waals surface area contributed by atoms with Crippen LogP contribution in [-0.4, -0.2) is 13.2 Å². The lowest BCUT2D eigenvalue weighted by Crippen LogP contribution is -1.99. The van der Waals surface area contributed by atoms with Crippen molar-refractivity contribution in [3.05, 3.63) is 59.2 Å². The van der Waals surface area contributed by atoms with Gasteiger partial charge in [0.2, 0.25) is 0 Å². The van der Waals surface area contributed by atoms with Gasteiger partial charge in [0.15, 0.2) is 0 Å². The van der Waals surface area contributed by atoms with E-state index in [1.54, 1.807) is 24.3 Å². The SMILES string of the molecule is N#Cc1ccc(OCCCCCCCCOc2ccc(C#N)c(F)c2)cc1F. The second kappa shape index (κ2) is 11.6. The Morgan fingerprint density at radius 2 is 1.04 bits per heavy atom. The Bertz CT molecular complexity index is 785. The highest BCUT2D eigenvalue weighted by atomic mass is 19.1. The Hall–Kier alpha value is -3.12. The maximum Gasteiger partial charge on any atom is 0.144 e. The van der Waals surface area contributed by atoms with Crippen molar-refractivity contribution in [2.75, 3.05) is 13.2 Å². The van der Waals surface area contributed by atoms with Crippen molar-refractivity contribution in [1.82, 2.24) is 0 Å². The summed E-state index contributed by atoms with van der Waals surface area (Å²) in [5.41, 5.74) is 0.0290. The van der Waals surface area contributed by atoms with Crippen molar-refractivity contribution >= 4 is 0 Å². The van der Waals surface area contributed by atoms with Crippen LogP contribution in [0.4, 0.5) is 8.78 Å². The zero-order valence-electron chi connectivity index (χ0n) is 15.6. The maximum atomic E-state index is 13.4. The second-order valence-electron chi connectivity index (χ2n) is 6.33. The minimum Gasteiger partial charge on any atom is -0.493 e. The molecule has 0 saturated carbocycles. The molecular formula is C22H22F2N2O2. The zero-order valence-corrected chi connectivity index (χ0v) is 15.6. The molecule has 0 spiro atoms. The Balaban J connectivity index is 1.49. The van der Waals surface area contributed by atoms with Gasteiger partial charge in [-0.25, -0.2) is 8.78 Å². The maximum absolute atomic E-state index is 13.4. The van der Waals surface area contributed by atoms with E-state index in [1.807, 2.05) is 0 Å². The van der Waals surface area contributed by atoms with E-state index in [4.69, 9.17) is 20.0 Å². The summed E-state index contributed by atoms with van der Waals surface area (Å²) in [6.07, 6.45) is 5.92. The monoisotopic (exact) mass is 384 g/mol. The van der Waals surface area contributed by atoms with Crippen LogP contribution in [0.2, 0.25) is 0 Å². The molecule has 0 aromatic heterocycles. The highest BCUT2D eigenvalue weighted by molar-refractivity contribution is 5.36. The number of hydrogen-bond donors (Lipinski definition) is 0. The Morgan fingerprint density at radius 1 is 0.643 bits per heavy atom. The van der Waals surface area contributed by atoms with Crippen LogP contribution in [0.1, 0.15) is 49.7 Å². The number of benzene rings is 2. The van der Waals surface area contributed by atoms with Crippen LogP contribution < -0.4 is 9.47 Å². The van der Waals surface area contributed by atoms with Gasteiger partial charge in [-0.1, -0.05) is 25.7 Å². The third-order valence-corrected chi connectivity index (χ3v) is 4.20. The summed E-state index contributed by atoms with van der Waals surface area (Å²) < 4.78 is 37.9. The van der Waals surface area contributed by atoms with Crippen molar-refractivity contribution in [2.45, 2.75) is 38.5 Å². The van der Waals surface area contributed by atoms with Crippen LogP contribution in [0, 0.1) is 34.3 Å². The van der Waals surface area contributed by atoms with Gasteiger partial charge < -0.3 is 9.47 Å². The molecule has 0 amide bonds. The summed E-state index contributed by atoms with van der Waals surface area (Å²) >= 11 is 0. The predicted octanol–water partition coefficient (Wildman–Crippen LogP) is 5.51. The fraction of sp³-hybridized carbons (Fsp3) is 0.364. The minimum absolute atomic E-state index is 0.0145. The van der Waals surface area contributed by atoms with Crippen molar-refractivity contribution < 1.29 is 18.3 Å². The Kier molecular flexibility index (Phi) is 8.75. The van der Waals surface area contributed by atoms with E-state index in [9.17, 15) is 8.78 Å². The predicted molar refractivity (Wildman–Crippen MR) is 101 cm³/mol. The molecule has 28 heavy (non-hydrogen) atoms. The lowest BCUT2D eigenvalue weighted by molar-refractivity contribution is 0.295. The fourth-order valence-electron chi connectivity index (χ4n) is 2.64. The third kappa shape index (κ3) is 6.89. The van der Waals surface area contributed by atoms with Gasteiger partial charge >= 0.3 is 0 Å². The van der Waals surface area contributed by atoms with Crippen molar-refractivity contribution in [3.63, 3.8) is 0 Å². The summed E-state index contributed by atoms with van der Waals surface area (Å²) in [7, 11) is 0. The summed E-state index contributed by atoms with van der Waals surface area (Å²) in [5.74, 6) is -0.252. The standard InChI is InChI=1S/C22H22F2N2O2/c23-21-13-19(9-7-17(21)15-25)27-11-5-3-1-2-4-6-12-28-20-10-8-18(16-26)22(24)14-20/h7-10,13-14H,1-6,11-12H2. The molecule has 2 aromatic rings. The highest BCUT2D eigenvalue weighted by Crippen LogP contribution is 2.18. The summed E-state index contributed by atoms with van der Waals surface area (Å²) in [4.78, 5) is 0. The lowest BCUT2D eigenvalue weighted by atomic mass is 10.1. The lowest BCUT2D eigenvalue weighted by Gasteiger charge is -2.08. The van der Waals surface area contributed by atoms with Crippen LogP contribution >= 0.6 is 0 Å². The van der Waals surface area contributed by atoms with E-state index in [1.165, 1.54) is 24.3 Å². The zero-order chi connectivity index (χ0) is 20.2. The van der Waals surface area contributed by atoms with E-state index in [2.05, 4.69) is 0 Å². The molecule has 0 aliphatic heterocycles. The van der Waals surface area contributed by atoms with Gasteiger partial charge in [-0.3, -0.25) is 0 Å². The fourth-order valence-corrected chi connectivity index (χ4v) is 2.64. The normalized spacial score (nSPS) is 10.1. The first-order valence-corrected chi connectivity index (χ1v) is 9.29. The highest BCUT2D eigenvalue weighted by Gasteiger charge is 2.04. The molecule has 0 bridgehead atoms. The quantitative estimate of drug-likeness (QED) is 0.479. The Morgan fingerprint density at radius 3 is 1.39 bits per heavy atom. The summed E-state index contributed by atoms with van der Waals surface area (Å²) in [6.45, 7) is 1.03. The van der Waals surface area contributed by atoms with Crippen LogP contribution in [0.5, 0.6) is 11.5 Å².